The Balaban J connectivity index is 1.61. The van der Waals surface area contributed by atoms with Gasteiger partial charge in [0, 0.05) is 6.07 Å². The van der Waals surface area contributed by atoms with Crippen LogP contribution >= 0.6 is 11.8 Å². The number of aromatic nitrogens is 5. The number of rotatable bonds is 4. The summed E-state index contributed by atoms with van der Waals surface area (Å²) in [5.74, 6) is 0.721. The van der Waals surface area contributed by atoms with Gasteiger partial charge in [-0.25, -0.2) is 14.4 Å². The van der Waals surface area contributed by atoms with Crippen LogP contribution in [0.25, 0.3) is 22.1 Å². The zero-order valence-electron chi connectivity index (χ0n) is 13.0. The number of hydrogen-bond acceptors (Lipinski definition) is 6. The Hall–Kier alpha value is -2.94. The van der Waals surface area contributed by atoms with E-state index in [-0.39, 0.29) is 5.39 Å². The fourth-order valence-corrected chi connectivity index (χ4v) is 3.18. The van der Waals surface area contributed by atoms with Crippen molar-refractivity contribution >= 4 is 33.8 Å². The summed E-state index contributed by atoms with van der Waals surface area (Å²) >= 11 is 1.36. The van der Waals surface area contributed by atoms with Gasteiger partial charge in [-0.05, 0) is 18.2 Å². The summed E-state index contributed by atoms with van der Waals surface area (Å²) in [5, 5.41) is 0.606. The second kappa shape index (κ2) is 6.17. The van der Waals surface area contributed by atoms with Crippen molar-refractivity contribution in [1.82, 2.24) is 24.9 Å². The van der Waals surface area contributed by atoms with Crippen molar-refractivity contribution in [1.29, 1.82) is 0 Å². The van der Waals surface area contributed by atoms with E-state index in [0.717, 1.165) is 5.52 Å². The van der Waals surface area contributed by atoms with Gasteiger partial charge in [0.25, 0.3) is 5.56 Å². The van der Waals surface area contributed by atoms with Crippen LogP contribution in [0.2, 0.25) is 0 Å². The molecule has 0 radical (unpaired) electrons. The van der Waals surface area contributed by atoms with E-state index < -0.39 is 11.4 Å². The first kappa shape index (κ1) is 15.6. The number of aromatic amines is 2. The Labute approximate surface area is 144 Å². The zero-order valence-corrected chi connectivity index (χ0v) is 13.9. The van der Waals surface area contributed by atoms with Gasteiger partial charge in [-0.2, -0.15) is 4.98 Å². The highest BCUT2D eigenvalue weighted by Crippen LogP contribution is 2.23. The molecule has 0 aliphatic carbocycles. The van der Waals surface area contributed by atoms with Crippen molar-refractivity contribution in [2.45, 2.75) is 10.9 Å². The van der Waals surface area contributed by atoms with Crippen LogP contribution in [-0.2, 0) is 5.75 Å². The van der Waals surface area contributed by atoms with Crippen LogP contribution in [0.15, 0.2) is 40.3 Å². The van der Waals surface area contributed by atoms with Gasteiger partial charge in [-0.3, -0.25) is 4.79 Å². The molecule has 0 saturated heterocycles. The van der Waals surface area contributed by atoms with Crippen molar-refractivity contribution in [2.75, 3.05) is 7.11 Å². The molecule has 4 aromatic rings. The van der Waals surface area contributed by atoms with Gasteiger partial charge >= 0.3 is 0 Å². The number of pyridine rings is 1. The minimum atomic E-state index is -0.581. The van der Waals surface area contributed by atoms with Crippen molar-refractivity contribution in [2.24, 2.45) is 0 Å². The van der Waals surface area contributed by atoms with Gasteiger partial charge in [-0.1, -0.05) is 17.8 Å². The lowest BCUT2D eigenvalue weighted by molar-refractivity contribution is 0.399. The average molecular weight is 357 g/mol. The molecule has 0 spiro atoms. The van der Waals surface area contributed by atoms with Crippen molar-refractivity contribution < 1.29 is 9.13 Å². The molecule has 0 fully saturated rings. The first-order chi connectivity index (χ1) is 12.1. The van der Waals surface area contributed by atoms with Crippen LogP contribution in [0, 0.1) is 5.82 Å². The van der Waals surface area contributed by atoms with Crippen LogP contribution in [0.4, 0.5) is 4.39 Å². The summed E-state index contributed by atoms with van der Waals surface area (Å²) in [6, 6.07) is 7.95. The number of nitrogens with zero attached hydrogens (tertiary/aromatic N) is 3. The Morgan fingerprint density at radius 1 is 1.16 bits per heavy atom. The first-order valence-corrected chi connectivity index (χ1v) is 8.33. The van der Waals surface area contributed by atoms with E-state index >= 15 is 0 Å². The van der Waals surface area contributed by atoms with Crippen molar-refractivity contribution in [3.8, 4) is 5.88 Å². The molecular weight excluding hydrogens is 345 g/mol. The van der Waals surface area contributed by atoms with E-state index in [4.69, 9.17) is 4.74 Å². The van der Waals surface area contributed by atoms with Gasteiger partial charge in [-0.15, -0.1) is 0 Å². The standard InChI is InChI=1S/C16H12FN5O2S/c1-24-12-6-5-10-14(21-12)22-16(19-10)25-7-11-18-9-4-2-3-8(17)13(9)15(23)20-11/h2-6H,7H2,1H3,(H,18,20,23)(H,19,21,22). The Kier molecular flexibility index (Phi) is 3.85. The van der Waals surface area contributed by atoms with E-state index in [1.54, 1.807) is 19.2 Å². The summed E-state index contributed by atoms with van der Waals surface area (Å²) in [6.45, 7) is 0. The quantitative estimate of drug-likeness (QED) is 0.545. The van der Waals surface area contributed by atoms with Crippen molar-refractivity contribution in [3.05, 3.63) is 52.3 Å². The van der Waals surface area contributed by atoms with E-state index in [1.807, 2.05) is 6.07 Å². The topological polar surface area (TPSA) is 96.5 Å². The van der Waals surface area contributed by atoms with Crippen LogP contribution in [-0.4, -0.2) is 32.0 Å². The maximum atomic E-state index is 13.7. The van der Waals surface area contributed by atoms with Gasteiger partial charge in [0.2, 0.25) is 5.88 Å². The van der Waals surface area contributed by atoms with Crippen LogP contribution in [0.1, 0.15) is 5.82 Å². The summed E-state index contributed by atoms with van der Waals surface area (Å²) in [5.41, 5.74) is 1.17. The maximum Gasteiger partial charge on any atom is 0.261 e. The smallest absolute Gasteiger partial charge is 0.261 e. The molecule has 0 bridgehead atoms. The Morgan fingerprint density at radius 3 is 2.88 bits per heavy atom. The molecule has 2 N–H and O–H groups in total. The third-order valence-corrected chi connectivity index (χ3v) is 4.47. The molecule has 0 atom stereocenters. The molecular formula is C16H12FN5O2S. The molecule has 9 heteroatoms. The second-order valence-electron chi connectivity index (χ2n) is 5.20. The summed E-state index contributed by atoms with van der Waals surface area (Å²) in [6.07, 6.45) is 0. The maximum absolute atomic E-state index is 13.7. The first-order valence-electron chi connectivity index (χ1n) is 7.35. The largest absolute Gasteiger partial charge is 0.481 e. The van der Waals surface area contributed by atoms with Gasteiger partial charge in [0.05, 0.1) is 23.9 Å². The highest BCUT2D eigenvalue weighted by atomic mass is 32.2. The van der Waals surface area contributed by atoms with Crippen LogP contribution in [0.3, 0.4) is 0 Å². The molecule has 3 aromatic heterocycles. The predicted molar refractivity (Wildman–Crippen MR) is 92.3 cm³/mol. The number of methoxy groups -OCH3 is 1. The van der Waals surface area contributed by atoms with E-state index in [1.165, 1.54) is 23.9 Å². The molecule has 0 amide bonds. The molecule has 1 aromatic carbocycles. The lowest BCUT2D eigenvalue weighted by Crippen LogP contribution is -2.12. The summed E-state index contributed by atoms with van der Waals surface area (Å²) in [4.78, 5) is 30.7. The van der Waals surface area contributed by atoms with Crippen LogP contribution in [0.5, 0.6) is 5.88 Å². The number of imidazole rings is 1. The SMILES string of the molecule is COc1ccc2[nH]c(SCc3nc4cccc(F)c4c(=O)[nH]3)nc2n1. The number of ether oxygens (including phenoxy) is 1. The van der Waals surface area contributed by atoms with Gasteiger partial charge in [0.1, 0.15) is 17.0 Å². The van der Waals surface area contributed by atoms with Gasteiger partial charge in [0.15, 0.2) is 10.8 Å². The monoisotopic (exact) mass is 357 g/mol. The van der Waals surface area contributed by atoms with E-state index in [9.17, 15) is 9.18 Å². The molecule has 126 valence electrons. The predicted octanol–water partition coefficient (Wildman–Crippen LogP) is 2.63. The average Bonchev–Trinajstić information content (AvgIpc) is 3.01. The minimum Gasteiger partial charge on any atom is -0.481 e. The van der Waals surface area contributed by atoms with E-state index in [0.29, 0.717) is 33.8 Å². The molecule has 0 unspecified atom stereocenters. The molecule has 0 aliphatic heterocycles. The number of fused-ring (bicyclic) bond motifs is 2. The molecule has 25 heavy (non-hydrogen) atoms. The second-order valence-corrected chi connectivity index (χ2v) is 6.17. The lowest BCUT2D eigenvalue weighted by Gasteiger charge is -2.02. The van der Waals surface area contributed by atoms with E-state index in [2.05, 4.69) is 24.9 Å². The normalized spacial score (nSPS) is 11.3. The third-order valence-electron chi connectivity index (χ3n) is 3.59. The number of hydrogen-bond donors (Lipinski definition) is 2. The summed E-state index contributed by atoms with van der Waals surface area (Å²) in [7, 11) is 1.54. The number of H-pyrrole nitrogens is 2. The molecule has 7 nitrogen and oxygen atoms in total. The fraction of sp³-hybridized carbons (Fsp3) is 0.125. The Bertz CT molecular complexity index is 1140. The minimum absolute atomic E-state index is 0.0312. The molecule has 4 rings (SSSR count). The van der Waals surface area contributed by atoms with Crippen LogP contribution < -0.4 is 10.3 Å². The number of benzene rings is 1. The van der Waals surface area contributed by atoms with Gasteiger partial charge < -0.3 is 14.7 Å². The molecule has 0 aliphatic rings. The third kappa shape index (κ3) is 2.93. The Morgan fingerprint density at radius 2 is 2.04 bits per heavy atom. The highest BCUT2D eigenvalue weighted by molar-refractivity contribution is 7.98. The zero-order chi connectivity index (χ0) is 17.4. The molecule has 0 saturated carbocycles. The van der Waals surface area contributed by atoms with Crippen molar-refractivity contribution in [3.63, 3.8) is 0 Å². The number of halogens is 1. The number of thioether (sulfide) groups is 1. The highest BCUT2D eigenvalue weighted by Gasteiger charge is 2.10. The molecule has 3 heterocycles. The lowest BCUT2D eigenvalue weighted by atomic mass is 10.2. The fourth-order valence-electron chi connectivity index (χ4n) is 2.44. The number of nitrogens with one attached hydrogen (secondary N) is 2. The summed E-state index contributed by atoms with van der Waals surface area (Å²) < 4.78 is 18.8.